The maximum absolute atomic E-state index is 12.2. The number of ether oxygens (including phenoxy) is 2. The Balaban J connectivity index is 1.78. The first-order valence-electron chi connectivity index (χ1n) is 6.96. The summed E-state index contributed by atoms with van der Waals surface area (Å²) in [6, 6.07) is 0. The van der Waals surface area contributed by atoms with Gasteiger partial charge in [-0.2, -0.15) is 0 Å². The number of hydrogen-bond donors (Lipinski definition) is 0. The molecule has 1 spiro atoms. The highest BCUT2D eigenvalue weighted by Crippen LogP contribution is 2.71. The van der Waals surface area contributed by atoms with Gasteiger partial charge in [0, 0.05) is 5.92 Å². The largest absolute Gasteiger partial charge is 0.461 e. The van der Waals surface area contributed by atoms with Crippen molar-refractivity contribution >= 4 is 5.97 Å². The summed E-state index contributed by atoms with van der Waals surface area (Å²) >= 11 is 0. The van der Waals surface area contributed by atoms with Crippen molar-refractivity contribution in [2.24, 2.45) is 29.1 Å². The Bertz CT molecular complexity index is 447. The van der Waals surface area contributed by atoms with E-state index in [-0.39, 0.29) is 23.4 Å². The van der Waals surface area contributed by atoms with E-state index in [0.29, 0.717) is 17.9 Å². The second kappa shape index (κ2) is 3.01. The summed E-state index contributed by atoms with van der Waals surface area (Å²) in [6.07, 6.45) is 2.20. The first-order chi connectivity index (χ1) is 8.47. The van der Waals surface area contributed by atoms with Crippen molar-refractivity contribution in [3.63, 3.8) is 0 Å². The average Bonchev–Trinajstić information content (AvgIpc) is 3.18. The first kappa shape index (κ1) is 11.0. The third kappa shape index (κ3) is 1.16. The van der Waals surface area contributed by atoms with Gasteiger partial charge in [0.05, 0.1) is 12.5 Å². The first-order valence-corrected chi connectivity index (χ1v) is 6.96. The predicted molar refractivity (Wildman–Crippen MR) is 65.8 cm³/mol. The molecule has 0 amide bonds. The average molecular weight is 248 g/mol. The molecule has 5 atom stereocenters. The summed E-state index contributed by atoms with van der Waals surface area (Å²) in [5.41, 5.74) is 1.27. The second-order valence-electron chi connectivity index (χ2n) is 7.12. The lowest BCUT2D eigenvalue weighted by Crippen LogP contribution is -2.44. The topological polar surface area (TPSA) is 38.8 Å². The Labute approximate surface area is 108 Å². The number of carbonyl (C=O) groups excluding carboxylic acids is 1. The third-order valence-corrected chi connectivity index (χ3v) is 5.97. The summed E-state index contributed by atoms with van der Waals surface area (Å²) in [5.74, 6) is 1.49. The molecule has 4 rings (SSSR count). The molecule has 0 aromatic rings. The maximum atomic E-state index is 12.2. The van der Waals surface area contributed by atoms with Crippen molar-refractivity contribution in [3.8, 4) is 0 Å². The minimum Gasteiger partial charge on any atom is -0.461 e. The van der Waals surface area contributed by atoms with Crippen LogP contribution in [0.2, 0.25) is 0 Å². The fourth-order valence-electron chi connectivity index (χ4n) is 4.76. The molecule has 3 heteroatoms. The van der Waals surface area contributed by atoms with E-state index in [1.165, 1.54) is 6.42 Å². The standard InChI is InChI=1S/C15H20O3/c1-8-6-17-13(16)12-10(8)11-9(14(11,2)3)4-5-15(12)7-18-15/h9-12H,1,4-7H2,2-3H3/t9-,10+,11-,12-,15+/m0/s1. The van der Waals surface area contributed by atoms with Crippen molar-refractivity contribution in [1.82, 2.24) is 0 Å². The number of esters is 1. The number of fused-ring (bicyclic) bond motifs is 4. The molecule has 0 aromatic carbocycles. The number of cyclic esters (lactones) is 1. The van der Waals surface area contributed by atoms with Crippen LogP contribution in [0.1, 0.15) is 26.7 Å². The summed E-state index contributed by atoms with van der Waals surface area (Å²) < 4.78 is 11.0. The molecule has 4 fully saturated rings. The molecule has 3 nitrogen and oxygen atoms in total. The maximum Gasteiger partial charge on any atom is 0.312 e. The number of carbonyl (C=O) groups is 1. The Morgan fingerprint density at radius 1 is 1.39 bits per heavy atom. The van der Waals surface area contributed by atoms with Gasteiger partial charge in [-0.25, -0.2) is 0 Å². The van der Waals surface area contributed by atoms with Gasteiger partial charge in [0.25, 0.3) is 0 Å². The predicted octanol–water partition coefficient (Wildman–Crippen LogP) is 2.17. The molecule has 0 aromatic heterocycles. The van der Waals surface area contributed by atoms with Gasteiger partial charge in [-0.3, -0.25) is 4.79 Å². The highest BCUT2D eigenvalue weighted by Gasteiger charge is 2.71. The molecule has 0 bridgehead atoms. The summed E-state index contributed by atoms with van der Waals surface area (Å²) in [6.45, 7) is 9.99. The van der Waals surface area contributed by atoms with E-state index in [9.17, 15) is 4.79 Å². The Morgan fingerprint density at radius 2 is 2.11 bits per heavy atom. The van der Waals surface area contributed by atoms with Crippen LogP contribution in [0, 0.1) is 29.1 Å². The van der Waals surface area contributed by atoms with Crippen LogP contribution in [0.5, 0.6) is 0 Å². The fourth-order valence-corrected chi connectivity index (χ4v) is 4.76. The lowest BCUT2D eigenvalue weighted by Gasteiger charge is -2.35. The van der Waals surface area contributed by atoms with E-state index in [0.717, 1.165) is 24.5 Å². The van der Waals surface area contributed by atoms with Gasteiger partial charge >= 0.3 is 5.97 Å². The molecule has 2 heterocycles. The zero-order valence-corrected chi connectivity index (χ0v) is 11.1. The van der Waals surface area contributed by atoms with E-state index < -0.39 is 0 Å². The van der Waals surface area contributed by atoms with Crippen LogP contribution < -0.4 is 0 Å². The Morgan fingerprint density at radius 3 is 2.78 bits per heavy atom. The number of epoxide rings is 1. The molecular weight excluding hydrogens is 228 g/mol. The number of hydrogen-bond acceptors (Lipinski definition) is 3. The third-order valence-electron chi connectivity index (χ3n) is 5.97. The van der Waals surface area contributed by atoms with E-state index in [1.54, 1.807) is 0 Å². The molecule has 2 saturated carbocycles. The molecule has 2 aliphatic heterocycles. The fraction of sp³-hybridized carbons (Fsp3) is 0.800. The molecule has 18 heavy (non-hydrogen) atoms. The van der Waals surface area contributed by atoms with Gasteiger partial charge in [0.1, 0.15) is 12.2 Å². The van der Waals surface area contributed by atoms with Crippen LogP contribution in [0.4, 0.5) is 0 Å². The van der Waals surface area contributed by atoms with Gasteiger partial charge in [-0.1, -0.05) is 20.4 Å². The van der Waals surface area contributed by atoms with Crippen LogP contribution in [-0.2, 0) is 14.3 Å². The van der Waals surface area contributed by atoms with E-state index in [4.69, 9.17) is 9.47 Å². The van der Waals surface area contributed by atoms with Crippen molar-refractivity contribution in [2.45, 2.75) is 32.3 Å². The Hall–Kier alpha value is -0.830. The zero-order chi connectivity index (χ0) is 12.7. The van der Waals surface area contributed by atoms with E-state index >= 15 is 0 Å². The van der Waals surface area contributed by atoms with E-state index in [1.807, 2.05) is 0 Å². The van der Waals surface area contributed by atoms with Crippen LogP contribution in [-0.4, -0.2) is 24.8 Å². The van der Waals surface area contributed by atoms with Gasteiger partial charge in [-0.15, -0.1) is 0 Å². The van der Waals surface area contributed by atoms with E-state index in [2.05, 4.69) is 20.4 Å². The monoisotopic (exact) mass is 248 g/mol. The van der Waals surface area contributed by atoms with Gasteiger partial charge in [-0.05, 0) is 35.7 Å². The van der Waals surface area contributed by atoms with Crippen molar-refractivity contribution in [3.05, 3.63) is 12.2 Å². The molecule has 0 radical (unpaired) electrons. The molecule has 2 saturated heterocycles. The minimum atomic E-state index is -0.200. The van der Waals surface area contributed by atoms with Crippen molar-refractivity contribution in [2.75, 3.05) is 13.2 Å². The van der Waals surface area contributed by atoms with Gasteiger partial charge in [0.2, 0.25) is 0 Å². The molecule has 2 aliphatic carbocycles. The van der Waals surface area contributed by atoms with Crippen LogP contribution in [0.25, 0.3) is 0 Å². The molecule has 0 unspecified atom stereocenters. The summed E-state index contributed by atoms with van der Waals surface area (Å²) in [7, 11) is 0. The second-order valence-corrected chi connectivity index (χ2v) is 7.12. The van der Waals surface area contributed by atoms with Crippen molar-refractivity contribution in [1.29, 1.82) is 0 Å². The van der Waals surface area contributed by atoms with Crippen molar-refractivity contribution < 1.29 is 14.3 Å². The quantitative estimate of drug-likeness (QED) is 0.374. The summed E-state index contributed by atoms with van der Waals surface area (Å²) in [4.78, 5) is 12.2. The van der Waals surface area contributed by atoms with Crippen LogP contribution in [0.15, 0.2) is 12.2 Å². The van der Waals surface area contributed by atoms with Gasteiger partial charge < -0.3 is 9.47 Å². The smallest absolute Gasteiger partial charge is 0.312 e. The summed E-state index contributed by atoms with van der Waals surface area (Å²) in [5, 5.41) is 0. The van der Waals surface area contributed by atoms with Gasteiger partial charge in [0.15, 0.2) is 0 Å². The molecule has 4 aliphatic rings. The minimum absolute atomic E-state index is 0.0479. The van der Waals surface area contributed by atoms with Crippen LogP contribution >= 0.6 is 0 Å². The highest BCUT2D eigenvalue weighted by molar-refractivity contribution is 5.77. The Kier molecular flexibility index (Phi) is 1.84. The number of rotatable bonds is 0. The normalized spacial score (nSPS) is 52.1. The lowest BCUT2D eigenvalue weighted by molar-refractivity contribution is -0.156. The van der Waals surface area contributed by atoms with Crippen LogP contribution in [0.3, 0.4) is 0 Å². The molecular formula is C15H20O3. The lowest BCUT2D eigenvalue weighted by atomic mass is 9.72. The zero-order valence-electron chi connectivity index (χ0n) is 11.1. The molecule has 0 N–H and O–H groups in total. The highest BCUT2D eigenvalue weighted by atomic mass is 16.6. The SMILES string of the molecule is C=C1COC(=O)[C@@H]2[C@H]1[C@@H]1[C@H](CC[C@@]23CO3)C1(C)C. The molecule has 98 valence electrons.